The minimum atomic E-state index is -4.38. The molecule has 0 saturated carbocycles. The molecular formula is C11H12BrF3N2. The highest BCUT2D eigenvalue weighted by molar-refractivity contribution is 9.10. The van der Waals surface area contributed by atoms with Crippen molar-refractivity contribution in [2.45, 2.75) is 20.0 Å². The van der Waals surface area contributed by atoms with Crippen molar-refractivity contribution in [3.8, 4) is 0 Å². The van der Waals surface area contributed by atoms with Crippen LogP contribution in [0.2, 0.25) is 0 Å². The molecule has 94 valence electrons. The van der Waals surface area contributed by atoms with E-state index in [0.717, 1.165) is 12.1 Å². The van der Waals surface area contributed by atoms with Crippen molar-refractivity contribution >= 4 is 27.5 Å². The van der Waals surface area contributed by atoms with Crippen molar-refractivity contribution in [1.82, 2.24) is 0 Å². The fraction of sp³-hybridized carbons (Fsp3) is 0.364. The molecule has 0 spiro atoms. The number of nitrogens with two attached hydrogens (primary N) is 1. The highest BCUT2D eigenvalue weighted by Crippen LogP contribution is 2.35. The third-order valence-electron chi connectivity index (χ3n) is 2.11. The van der Waals surface area contributed by atoms with E-state index in [2.05, 4.69) is 20.9 Å². The van der Waals surface area contributed by atoms with E-state index in [0.29, 0.717) is 10.3 Å². The first-order valence-corrected chi connectivity index (χ1v) is 5.72. The van der Waals surface area contributed by atoms with Gasteiger partial charge in [-0.1, -0.05) is 13.8 Å². The van der Waals surface area contributed by atoms with Gasteiger partial charge in [0.05, 0.1) is 11.3 Å². The summed E-state index contributed by atoms with van der Waals surface area (Å²) >= 11 is 3.14. The Morgan fingerprint density at radius 1 is 1.35 bits per heavy atom. The summed E-state index contributed by atoms with van der Waals surface area (Å²) in [4.78, 5) is 3.98. The summed E-state index contributed by atoms with van der Waals surface area (Å²) in [6.07, 6.45) is -4.38. The van der Waals surface area contributed by atoms with E-state index in [4.69, 9.17) is 5.73 Å². The third kappa shape index (κ3) is 3.73. The minimum absolute atomic E-state index is 0.0172. The summed E-state index contributed by atoms with van der Waals surface area (Å²) in [5, 5.41) is 0. The molecule has 2 N–H and O–H groups in total. The summed E-state index contributed by atoms with van der Waals surface area (Å²) < 4.78 is 38.0. The molecule has 0 aliphatic rings. The molecule has 0 fully saturated rings. The van der Waals surface area contributed by atoms with Crippen LogP contribution < -0.4 is 5.73 Å². The fourth-order valence-electron chi connectivity index (χ4n) is 1.04. The van der Waals surface area contributed by atoms with Crippen molar-refractivity contribution in [1.29, 1.82) is 0 Å². The molecule has 2 nitrogen and oxygen atoms in total. The molecule has 1 aromatic carbocycles. The van der Waals surface area contributed by atoms with Gasteiger partial charge in [-0.25, -0.2) is 4.99 Å². The maximum absolute atomic E-state index is 12.5. The first kappa shape index (κ1) is 14.0. The molecule has 0 bridgehead atoms. The molecule has 0 atom stereocenters. The van der Waals surface area contributed by atoms with Crippen LogP contribution in [0.15, 0.2) is 27.7 Å². The lowest BCUT2D eigenvalue weighted by molar-refractivity contribution is -0.137. The predicted molar refractivity (Wildman–Crippen MR) is 65.3 cm³/mol. The number of aliphatic imine (C=N–C) groups is 1. The minimum Gasteiger partial charge on any atom is -0.387 e. The molecular weight excluding hydrogens is 297 g/mol. The van der Waals surface area contributed by atoms with Gasteiger partial charge in [0.15, 0.2) is 0 Å². The van der Waals surface area contributed by atoms with E-state index < -0.39 is 11.7 Å². The topological polar surface area (TPSA) is 38.4 Å². The van der Waals surface area contributed by atoms with Crippen LogP contribution >= 0.6 is 15.9 Å². The molecule has 0 heterocycles. The summed E-state index contributed by atoms with van der Waals surface area (Å²) in [5.74, 6) is 0.279. The van der Waals surface area contributed by atoms with Gasteiger partial charge in [-0.3, -0.25) is 0 Å². The number of nitrogens with zero attached hydrogens (tertiary/aromatic N) is 1. The van der Waals surface area contributed by atoms with Crippen LogP contribution in [0.25, 0.3) is 0 Å². The summed E-state index contributed by atoms with van der Waals surface area (Å²) in [5.41, 5.74) is 5.07. The van der Waals surface area contributed by atoms with Crippen LogP contribution in [0.3, 0.4) is 0 Å². The monoisotopic (exact) mass is 308 g/mol. The Kier molecular flexibility index (Phi) is 4.19. The van der Waals surface area contributed by atoms with Gasteiger partial charge in [-0.05, 0) is 34.1 Å². The summed E-state index contributed by atoms with van der Waals surface area (Å²) in [6, 6.07) is 3.28. The quantitative estimate of drug-likeness (QED) is 0.648. The van der Waals surface area contributed by atoms with Crippen molar-refractivity contribution in [3.05, 3.63) is 28.2 Å². The van der Waals surface area contributed by atoms with E-state index in [1.807, 2.05) is 13.8 Å². The van der Waals surface area contributed by atoms with Crippen LogP contribution in [0, 0.1) is 5.92 Å². The number of hydrogen-bond acceptors (Lipinski definition) is 1. The van der Waals surface area contributed by atoms with Crippen LogP contribution in [0.1, 0.15) is 19.4 Å². The summed E-state index contributed by atoms with van der Waals surface area (Å²) in [6.45, 7) is 3.64. The Morgan fingerprint density at radius 3 is 2.41 bits per heavy atom. The van der Waals surface area contributed by atoms with Crippen molar-refractivity contribution in [2.24, 2.45) is 16.6 Å². The number of amidine groups is 1. The Balaban J connectivity index is 3.21. The number of hydrogen-bond donors (Lipinski definition) is 1. The van der Waals surface area contributed by atoms with E-state index in [9.17, 15) is 13.2 Å². The lowest BCUT2D eigenvalue weighted by atomic mass is 10.2. The Labute approximate surface area is 106 Å². The van der Waals surface area contributed by atoms with Crippen LogP contribution in [0.4, 0.5) is 18.9 Å². The van der Waals surface area contributed by atoms with Gasteiger partial charge in [-0.15, -0.1) is 0 Å². The standard InChI is InChI=1S/C11H12BrF3N2/c1-6(2)10(16)17-9-5-7(11(13,14)15)3-4-8(9)12/h3-6H,1-2H3,(H2,16,17). The van der Waals surface area contributed by atoms with Gasteiger partial charge in [0.1, 0.15) is 5.84 Å². The molecule has 1 rings (SSSR count). The van der Waals surface area contributed by atoms with Gasteiger partial charge in [0.25, 0.3) is 0 Å². The Bertz CT molecular complexity index is 439. The SMILES string of the molecule is CC(C)C(N)=Nc1cc(C(F)(F)F)ccc1Br. The van der Waals surface area contributed by atoms with Crippen molar-refractivity contribution in [3.63, 3.8) is 0 Å². The highest BCUT2D eigenvalue weighted by atomic mass is 79.9. The summed E-state index contributed by atoms with van der Waals surface area (Å²) in [7, 11) is 0. The average molecular weight is 309 g/mol. The van der Waals surface area contributed by atoms with Gasteiger partial charge in [0.2, 0.25) is 0 Å². The lowest BCUT2D eigenvalue weighted by Crippen LogP contribution is -2.18. The Hall–Kier alpha value is -1.04. The van der Waals surface area contributed by atoms with Crippen molar-refractivity contribution < 1.29 is 13.2 Å². The first-order chi connectivity index (χ1) is 7.71. The third-order valence-corrected chi connectivity index (χ3v) is 2.79. The smallest absolute Gasteiger partial charge is 0.387 e. The lowest BCUT2D eigenvalue weighted by Gasteiger charge is -2.09. The largest absolute Gasteiger partial charge is 0.416 e. The molecule has 0 aliphatic carbocycles. The zero-order valence-corrected chi connectivity index (χ0v) is 10.9. The molecule has 0 aliphatic heterocycles. The van der Waals surface area contributed by atoms with Crippen LogP contribution in [0.5, 0.6) is 0 Å². The second kappa shape index (κ2) is 5.08. The Morgan fingerprint density at radius 2 is 1.94 bits per heavy atom. The molecule has 17 heavy (non-hydrogen) atoms. The van der Waals surface area contributed by atoms with E-state index in [-0.39, 0.29) is 11.6 Å². The molecule has 1 aromatic rings. The fourth-order valence-corrected chi connectivity index (χ4v) is 1.38. The molecule has 0 radical (unpaired) electrons. The zero-order chi connectivity index (χ0) is 13.2. The highest BCUT2D eigenvalue weighted by Gasteiger charge is 2.30. The normalized spacial score (nSPS) is 13.2. The van der Waals surface area contributed by atoms with Gasteiger partial charge >= 0.3 is 6.18 Å². The maximum Gasteiger partial charge on any atom is 0.416 e. The maximum atomic E-state index is 12.5. The molecule has 0 saturated heterocycles. The number of alkyl halides is 3. The average Bonchev–Trinajstić information content (AvgIpc) is 2.19. The second-order valence-corrected chi connectivity index (χ2v) is 4.71. The number of halogens is 4. The molecule has 0 unspecified atom stereocenters. The van der Waals surface area contributed by atoms with Gasteiger partial charge < -0.3 is 5.73 Å². The van der Waals surface area contributed by atoms with Crippen LogP contribution in [-0.4, -0.2) is 5.84 Å². The molecule has 0 amide bonds. The van der Waals surface area contributed by atoms with Gasteiger partial charge in [-0.2, -0.15) is 13.2 Å². The number of rotatable bonds is 2. The van der Waals surface area contributed by atoms with Gasteiger partial charge in [0, 0.05) is 10.4 Å². The van der Waals surface area contributed by atoms with Crippen molar-refractivity contribution in [2.75, 3.05) is 0 Å². The molecule has 6 heteroatoms. The van der Waals surface area contributed by atoms with E-state index >= 15 is 0 Å². The van der Waals surface area contributed by atoms with Crippen LogP contribution in [-0.2, 0) is 6.18 Å². The second-order valence-electron chi connectivity index (χ2n) is 3.86. The predicted octanol–water partition coefficient (Wildman–Crippen LogP) is 4.11. The first-order valence-electron chi connectivity index (χ1n) is 4.92. The van der Waals surface area contributed by atoms with E-state index in [1.165, 1.54) is 6.07 Å². The van der Waals surface area contributed by atoms with E-state index in [1.54, 1.807) is 0 Å². The zero-order valence-electron chi connectivity index (χ0n) is 9.35. The molecule has 0 aromatic heterocycles. The number of benzene rings is 1.